The fourth-order valence-electron chi connectivity index (χ4n) is 5.38. The van der Waals surface area contributed by atoms with Gasteiger partial charge in [0.25, 0.3) is 5.91 Å². The Bertz CT molecular complexity index is 1220. The van der Waals surface area contributed by atoms with Crippen molar-refractivity contribution in [3.8, 4) is 5.75 Å². The van der Waals surface area contributed by atoms with Crippen molar-refractivity contribution in [2.45, 2.75) is 66.2 Å². The molecule has 0 aliphatic heterocycles. The Morgan fingerprint density at radius 1 is 0.941 bits per heavy atom. The van der Waals surface area contributed by atoms with E-state index in [1.165, 1.54) is 27.5 Å². The molecule has 4 nitrogen and oxygen atoms in total. The average molecular weight is 457 g/mol. The third-order valence-electron chi connectivity index (χ3n) is 6.59. The molecule has 3 aromatic carbocycles. The van der Waals surface area contributed by atoms with E-state index in [0.717, 1.165) is 30.5 Å². The Morgan fingerprint density at radius 2 is 1.62 bits per heavy atom. The molecule has 0 fully saturated rings. The number of aryl methyl sites for hydroxylation is 2. The monoisotopic (exact) mass is 456 g/mol. The van der Waals surface area contributed by atoms with Crippen molar-refractivity contribution in [2.24, 2.45) is 10.5 Å². The number of nitrogens with zero attached hydrogens (tertiary/aromatic N) is 1. The van der Waals surface area contributed by atoms with Crippen molar-refractivity contribution < 1.29 is 9.53 Å². The summed E-state index contributed by atoms with van der Waals surface area (Å²) < 4.78 is 5.70. The first-order chi connectivity index (χ1) is 16.0. The van der Waals surface area contributed by atoms with E-state index in [2.05, 4.69) is 87.6 Å². The number of ether oxygens (including phenoxy) is 1. The highest BCUT2D eigenvalue weighted by atomic mass is 16.5. The predicted octanol–water partition coefficient (Wildman–Crippen LogP) is 6.57. The summed E-state index contributed by atoms with van der Waals surface area (Å²) in [4.78, 5) is 12.4. The molecule has 0 saturated heterocycles. The van der Waals surface area contributed by atoms with Gasteiger partial charge in [0.15, 0.2) is 6.61 Å². The average Bonchev–Trinajstić information content (AvgIpc) is 3.20. The summed E-state index contributed by atoms with van der Waals surface area (Å²) in [6, 6.07) is 18.8. The van der Waals surface area contributed by atoms with Crippen molar-refractivity contribution in [2.75, 3.05) is 6.61 Å². The number of rotatable bonds is 7. The van der Waals surface area contributed by atoms with Gasteiger partial charge in [0, 0.05) is 5.56 Å². The van der Waals surface area contributed by atoms with Crippen molar-refractivity contribution in [1.82, 2.24) is 5.43 Å². The van der Waals surface area contributed by atoms with E-state index in [4.69, 9.17) is 4.74 Å². The molecule has 1 aliphatic carbocycles. The quantitative estimate of drug-likeness (QED) is 0.323. The van der Waals surface area contributed by atoms with Gasteiger partial charge < -0.3 is 4.74 Å². The minimum absolute atomic E-state index is 0.0724. The van der Waals surface area contributed by atoms with Gasteiger partial charge in [0.1, 0.15) is 5.75 Å². The third-order valence-corrected chi connectivity index (χ3v) is 6.59. The van der Waals surface area contributed by atoms with E-state index >= 15 is 0 Å². The highest BCUT2D eigenvalue weighted by Crippen LogP contribution is 2.37. The Kier molecular flexibility index (Phi) is 6.53. The lowest BCUT2D eigenvalue weighted by molar-refractivity contribution is -0.123. The van der Waals surface area contributed by atoms with Crippen LogP contribution in [0.5, 0.6) is 5.75 Å². The Morgan fingerprint density at radius 3 is 2.29 bits per heavy atom. The molecule has 1 N–H and O–H groups in total. The molecule has 1 aliphatic rings. The van der Waals surface area contributed by atoms with Crippen LogP contribution in [0, 0.1) is 5.41 Å². The zero-order valence-corrected chi connectivity index (χ0v) is 21.3. The van der Waals surface area contributed by atoms with Crippen molar-refractivity contribution in [3.05, 3.63) is 76.9 Å². The summed E-state index contributed by atoms with van der Waals surface area (Å²) in [5.74, 6) is 0.404. The highest BCUT2D eigenvalue weighted by Gasteiger charge is 2.27. The van der Waals surface area contributed by atoms with Gasteiger partial charge >= 0.3 is 0 Å². The smallest absolute Gasteiger partial charge is 0.277 e. The van der Waals surface area contributed by atoms with Crippen LogP contribution >= 0.6 is 0 Å². The molecular weight excluding hydrogens is 420 g/mol. The van der Waals surface area contributed by atoms with Crippen LogP contribution in [0.1, 0.15) is 70.2 Å². The Labute approximate surface area is 203 Å². The minimum atomic E-state index is -0.276. The predicted molar refractivity (Wildman–Crippen MR) is 141 cm³/mol. The topological polar surface area (TPSA) is 50.7 Å². The number of hydrogen-bond acceptors (Lipinski definition) is 3. The maximum Gasteiger partial charge on any atom is 0.277 e. The van der Waals surface area contributed by atoms with Gasteiger partial charge in [-0.3, -0.25) is 4.79 Å². The molecule has 4 rings (SSSR count). The van der Waals surface area contributed by atoms with Gasteiger partial charge in [-0.2, -0.15) is 5.10 Å². The molecule has 0 unspecified atom stereocenters. The number of benzene rings is 3. The summed E-state index contributed by atoms with van der Waals surface area (Å²) in [5, 5.41) is 6.90. The van der Waals surface area contributed by atoms with E-state index in [9.17, 15) is 4.79 Å². The van der Waals surface area contributed by atoms with E-state index < -0.39 is 0 Å². The number of carbonyl (C=O) groups is 1. The summed E-state index contributed by atoms with van der Waals surface area (Å²) in [6.45, 7) is 13.2. The molecule has 4 heteroatoms. The van der Waals surface area contributed by atoms with E-state index in [1.54, 1.807) is 0 Å². The molecule has 0 atom stereocenters. The molecule has 0 heterocycles. The third kappa shape index (κ3) is 5.32. The molecule has 3 aromatic rings. The lowest BCUT2D eigenvalue weighted by Crippen LogP contribution is -2.26. The zero-order chi connectivity index (χ0) is 24.5. The van der Waals surface area contributed by atoms with Crippen LogP contribution in [0.2, 0.25) is 0 Å². The second-order valence-electron chi connectivity index (χ2n) is 11.3. The molecule has 1 amide bonds. The maximum absolute atomic E-state index is 12.4. The van der Waals surface area contributed by atoms with Crippen LogP contribution in [0.25, 0.3) is 10.8 Å². The van der Waals surface area contributed by atoms with Crippen LogP contribution in [0.4, 0.5) is 0 Å². The second kappa shape index (κ2) is 9.25. The van der Waals surface area contributed by atoms with Gasteiger partial charge in [-0.1, -0.05) is 77.1 Å². The van der Waals surface area contributed by atoms with E-state index in [1.807, 2.05) is 19.1 Å². The van der Waals surface area contributed by atoms with E-state index in [0.29, 0.717) is 5.75 Å². The standard InChI is InChI=1S/C30H36N2O2/c1-20(25-17-12-22-11-10-21-8-7-9-26(25)28(21)22)31-32-27(33)18-34-24-15-13-23(14-16-24)30(5,6)19-29(2,3)4/h7-9,12-17H,10-11,18-19H2,1-6H3,(H,32,33)/b31-20+. The van der Waals surface area contributed by atoms with Crippen molar-refractivity contribution >= 4 is 22.4 Å². The number of hydrogen-bond donors (Lipinski definition) is 1. The minimum Gasteiger partial charge on any atom is -0.484 e. The van der Waals surface area contributed by atoms with Gasteiger partial charge in [-0.05, 0) is 76.6 Å². The van der Waals surface area contributed by atoms with Crippen molar-refractivity contribution in [1.29, 1.82) is 0 Å². The molecule has 0 spiro atoms. The molecule has 34 heavy (non-hydrogen) atoms. The number of carbonyl (C=O) groups excluding carboxylic acids is 1. The summed E-state index contributed by atoms with van der Waals surface area (Å²) in [5.41, 5.74) is 8.87. The number of nitrogens with one attached hydrogen (secondary N) is 1. The number of hydrazone groups is 1. The lowest BCUT2D eigenvalue weighted by Gasteiger charge is -2.33. The molecule has 0 bridgehead atoms. The lowest BCUT2D eigenvalue weighted by atomic mass is 9.72. The molecule has 0 aromatic heterocycles. The second-order valence-corrected chi connectivity index (χ2v) is 11.3. The van der Waals surface area contributed by atoms with Crippen LogP contribution in [-0.4, -0.2) is 18.2 Å². The van der Waals surface area contributed by atoms with Crippen LogP contribution < -0.4 is 10.2 Å². The summed E-state index contributed by atoms with van der Waals surface area (Å²) in [6.07, 6.45) is 3.27. The molecule has 178 valence electrons. The summed E-state index contributed by atoms with van der Waals surface area (Å²) >= 11 is 0. The molecule has 0 radical (unpaired) electrons. The fourth-order valence-corrected chi connectivity index (χ4v) is 5.38. The van der Waals surface area contributed by atoms with Gasteiger partial charge in [0.2, 0.25) is 0 Å². The normalized spacial score (nSPS) is 13.9. The first-order valence-corrected chi connectivity index (χ1v) is 12.1. The maximum atomic E-state index is 12.4. The largest absolute Gasteiger partial charge is 0.484 e. The summed E-state index contributed by atoms with van der Waals surface area (Å²) in [7, 11) is 0. The SMILES string of the molecule is C/C(=N\NC(=O)COc1ccc(C(C)(C)CC(C)(C)C)cc1)c1ccc2c3c(cccc13)CC2. The van der Waals surface area contributed by atoms with Gasteiger partial charge in [-0.15, -0.1) is 0 Å². The van der Waals surface area contributed by atoms with Crippen LogP contribution in [0.3, 0.4) is 0 Å². The van der Waals surface area contributed by atoms with Crippen molar-refractivity contribution in [3.63, 3.8) is 0 Å². The van der Waals surface area contributed by atoms with Gasteiger partial charge in [-0.25, -0.2) is 5.43 Å². The number of amides is 1. The Balaban J connectivity index is 1.36. The van der Waals surface area contributed by atoms with Crippen LogP contribution in [0.15, 0.2) is 59.7 Å². The first-order valence-electron chi connectivity index (χ1n) is 12.1. The molecule has 0 saturated carbocycles. The highest BCUT2D eigenvalue weighted by molar-refractivity contribution is 6.11. The van der Waals surface area contributed by atoms with E-state index in [-0.39, 0.29) is 23.3 Å². The Hall–Kier alpha value is -3.14. The van der Waals surface area contributed by atoms with Crippen LogP contribution in [-0.2, 0) is 23.1 Å². The fraction of sp³-hybridized carbons (Fsp3) is 0.400. The molecular formula is C30H36N2O2. The first kappa shape index (κ1) is 24.0. The van der Waals surface area contributed by atoms with Gasteiger partial charge in [0.05, 0.1) is 5.71 Å². The zero-order valence-electron chi connectivity index (χ0n) is 21.3.